The number of hydrogen-bond donors (Lipinski definition) is 2. The van der Waals surface area contributed by atoms with Gasteiger partial charge in [0.05, 0.1) is 11.5 Å². The van der Waals surface area contributed by atoms with Crippen LogP contribution in [0.15, 0.2) is 59.7 Å². The Morgan fingerprint density at radius 3 is 2.68 bits per heavy atom. The van der Waals surface area contributed by atoms with Crippen molar-refractivity contribution >= 4 is 29.6 Å². The van der Waals surface area contributed by atoms with Gasteiger partial charge in [-0.2, -0.15) is 5.10 Å². The Labute approximate surface area is 145 Å². The first kappa shape index (κ1) is 17.9. The molecule has 2 N–H and O–H groups in total. The van der Waals surface area contributed by atoms with Gasteiger partial charge in [-0.1, -0.05) is 18.2 Å². The number of carbonyl (C=O) groups excluding carboxylic acids is 1. The van der Waals surface area contributed by atoms with E-state index in [2.05, 4.69) is 15.8 Å². The first-order valence-corrected chi connectivity index (χ1v) is 7.58. The van der Waals surface area contributed by atoms with E-state index in [0.29, 0.717) is 0 Å². The van der Waals surface area contributed by atoms with Crippen LogP contribution in [0.5, 0.6) is 0 Å². The van der Waals surface area contributed by atoms with Crippen LogP contribution >= 0.6 is 0 Å². The van der Waals surface area contributed by atoms with Crippen molar-refractivity contribution in [1.82, 2.24) is 5.43 Å². The van der Waals surface area contributed by atoms with Crippen molar-refractivity contribution < 1.29 is 9.72 Å². The summed E-state index contributed by atoms with van der Waals surface area (Å²) < 4.78 is 0. The molecule has 128 valence electrons. The number of hydrazone groups is 1. The predicted molar refractivity (Wildman–Crippen MR) is 98.4 cm³/mol. The summed E-state index contributed by atoms with van der Waals surface area (Å²) in [6.45, 7) is 2.10. The Morgan fingerprint density at radius 1 is 1.24 bits per heavy atom. The standard InChI is InChI=1S/C18H18N4O3/c1-14-4-2-6-16(12-14)19-13-18(23)21-20-11-3-5-15-7-9-17(10-8-15)22(24)25/h2-12,19H,13H2,1H3,(H,21,23)/b5-3+,20-11+. The minimum atomic E-state index is -0.449. The maximum absolute atomic E-state index is 11.7. The number of non-ortho nitro benzene ring substituents is 1. The third-order valence-corrected chi connectivity index (χ3v) is 3.21. The summed E-state index contributed by atoms with van der Waals surface area (Å²) in [5.74, 6) is -0.263. The van der Waals surface area contributed by atoms with Crippen molar-refractivity contribution in [3.05, 3.63) is 75.8 Å². The van der Waals surface area contributed by atoms with Gasteiger partial charge in [-0.3, -0.25) is 14.9 Å². The molecule has 0 atom stereocenters. The first-order valence-electron chi connectivity index (χ1n) is 7.58. The number of nitro groups is 1. The number of nitrogens with zero attached hydrogens (tertiary/aromatic N) is 2. The number of hydrogen-bond acceptors (Lipinski definition) is 5. The van der Waals surface area contributed by atoms with Crippen LogP contribution in [-0.4, -0.2) is 23.6 Å². The summed E-state index contributed by atoms with van der Waals surface area (Å²) in [5.41, 5.74) is 5.23. The molecule has 1 amide bonds. The summed E-state index contributed by atoms with van der Waals surface area (Å²) in [5, 5.41) is 17.4. The van der Waals surface area contributed by atoms with E-state index in [-0.39, 0.29) is 18.1 Å². The summed E-state index contributed by atoms with van der Waals surface area (Å²) >= 11 is 0. The van der Waals surface area contributed by atoms with Crippen LogP contribution in [0, 0.1) is 17.0 Å². The lowest BCUT2D eigenvalue weighted by atomic mass is 10.2. The van der Waals surface area contributed by atoms with Gasteiger partial charge in [0.15, 0.2) is 0 Å². The molecule has 0 aliphatic rings. The second-order valence-corrected chi connectivity index (χ2v) is 5.24. The van der Waals surface area contributed by atoms with Gasteiger partial charge in [0.2, 0.25) is 0 Å². The summed E-state index contributed by atoms with van der Waals surface area (Å²) in [4.78, 5) is 21.8. The highest BCUT2D eigenvalue weighted by Gasteiger charge is 2.02. The Hall–Kier alpha value is -3.48. The zero-order valence-electron chi connectivity index (χ0n) is 13.7. The van der Waals surface area contributed by atoms with Gasteiger partial charge in [-0.25, -0.2) is 5.43 Å². The van der Waals surface area contributed by atoms with Crippen LogP contribution in [0.25, 0.3) is 6.08 Å². The molecule has 7 nitrogen and oxygen atoms in total. The average Bonchev–Trinajstić information content (AvgIpc) is 2.60. The molecule has 0 bridgehead atoms. The minimum absolute atomic E-state index is 0.0409. The molecule has 2 rings (SSSR count). The minimum Gasteiger partial charge on any atom is -0.376 e. The molecule has 0 saturated carbocycles. The number of anilines is 1. The quantitative estimate of drug-likeness (QED) is 0.460. The molecule has 25 heavy (non-hydrogen) atoms. The maximum atomic E-state index is 11.7. The van der Waals surface area contributed by atoms with Crippen LogP contribution in [0.4, 0.5) is 11.4 Å². The smallest absolute Gasteiger partial charge is 0.269 e. The molecule has 0 spiro atoms. The molecule has 0 unspecified atom stereocenters. The third kappa shape index (κ3) is 6.26. The van der Waals surface area contributed by atoms with E-state index in [9.17, 15) is 14.9 Å². The number of carbonyl (C=O) groups is 1. The summed E-state index contributed by atoms with van der Waals surface area (Å²) in [6, 6.07) is 13.8. The van der Waals surface area contributed by atoms with Gasteiger partial charge in [-0.15, -0.1) is 0 Å². The number of allylic oxidation sites excluding steroid dienone is 1. The normalized spacial score (nSPS) is 10.9. The highest BCUT2D eigenvalue weighted by Crippen LogP contribution is 2.12. The fourth-order valence-electron chi connectivity index (χ4n) is 1.99. The van der Waals surface area contributed by atoms with Crippen molar-refractivity contribution in [3.8, 4) is 0 Å². The number of nitro benzene ring substituents is 1. The molecule has 0 aliphatic heterocycles. The Kier molecular flexibility index (Phi) is 6.41. The van der Waals surface area contributed by atoms with Crippen molar-refractivity contribution in [2.24, 2.45) is 5.10 Å². The molecule has 0 saturated heterocycles. The van der Waals surface area contributed by atoms with Gasteiger partial charge in [0.25, 0.3) is 11.6 Å². The molecule has 0 fully saturated rings. The zero-order chi connectivity index (χ0) is 18.1. The van der Waals surface area contributed by atoms with Crippen molar-refractivity contribution in [1.29, 1.82) is 0 Å². The molecule has 0 radical (unpaired) electrons. The van der Waals surface area contributed by atoms with Crippen LogP contribution in [0.1, 0.15) is 11.1 Å². The highest BCUT2D eigenvalue weighted by molar-refractivity contribution is 5.83. The van der Waals surface area contributed by atoms with E-state index in [4.69, 9.17) is 0 Å². The van der Waals surface area contributed by atoms with E-state index in [1.165, 1.54) is 18.3 Å². The molecular formula is C18H18N4O3. The highest BCUT2D eigenvalue weighted by atomic mass is 16.6. The van der Waals surface area contributed by atoms with E-state index >= 15 is 0 Å². The number of aryl methyl sites for hydroxylation is 1. The van der Waals surface area contributed by atoms with E-state index in [1.54, 1.807) is 24.3 Å². The number of benzene rings is 2. The predicted octanol–water partition coefficient (Wildman–Crippen LogP) is 3.13. The van der Waals surface area contributed by atoms with E-state index in [0.717, 1.165) is 16.8 Å². The molecule has 2 aromatic rings. The Balaban J connectivity index is 1.74. The van der Waals surface area contributed by atoms with Gasteiger partial charge >= 0.3 is 0 Å². The number of nitrogens with one attached hydrogen (secondary N) is 2. The molecule has 2 aromatic carbocycles. The summed E-state index contributed by atoms with van der Waals surface area (Å²) in [7, 11) is 0. The monoisotopic (exact) mass is 338 g/mol. The SMILES string of the molecule is Cc1cccc(NCC(=O)N/N=C/C=C/c2ccc([N+](=O)[O-])cc2)c1. The lowest BCUT2D eigenvalue weighted by Crippen LogP contribution is -2.25. The third-order valence-electron chi connectivity index (χ3n) is 3.21. The average molecular weight is 338 g/mol. The largest absolute Gasteiger partial charge is 0.376 e. The fraction of sp³-hybridized carbons (Fsp3) is 0.111. The second kappa shape index (κ2) is 8.97. The molecular weight excluding hydrogens is 320 g/mol. The molecule has 0 aliphatic carbocycles. The van der Waals surface area contributed by atoms with Crippen LogP contribution < -0.4 is 10.7 Å². The Bertz CT molecular complexity index is 798. The van der Waals surface area contributed by atoms with Gasteiger partial charge in [0, 0.05) is 24.0 Å². The molecule has 0 heterocycles. The zero-order valence-corrected chi connectivity index (χ0v) is 13.7. The topological polar surface area (TPSA) is 96.6 Å². The number of rotatable bonds is 7. The van der Waals surface area contributed by atoms with Gasteiger partial charge < -0.3 is 5.32 Å². The fourth-order valence-corrected chi connectivity index (χ4v) is 1.99. The van der Waals surface area contributed by atoms with Crippen molar-refractivity contribution in [3.63, 3.8) is 0 Å². The van der Waals surface area contributed by atoms with Crippen LogP contribution in [0.2, 0.25) is 0 Å². The van der Waals surface area contributed by atoms with Crippen LogP contribution in [-0.2, 0) is 4.79 Å². The van der Waals surface area contributed by atoms with Gasteiger partial charge in [-0.05, 0) is 48.4 Å². The number of amides is 1. The Morgan fingerprint density at radius 2 is 2.00 bits per heavy atom. The second-order valence-electron chi connectivity index (χ2n) is 5.24. The first-order chi connectivity index (χ1) is 12.0. The van der Waals surface area contributed by atoms with E-state index < -0.39 is 4.92 Å². The van der Waals surface area contributed by atoms with Crippen molar-refractivity contribution in [2.45, 2.75) is 6.92 Å². The lowest BCUT2D eigenvalue weighted by molar-refractivity contribution is -0.384. The van der Waals surface area contributed by atoms with E-state index in [1.807, 2.05) is 31.2 Å². The van der Waals surface area contributed by atoms with Gasteiger partial charge in [0.1, 0.15) is 0 Å². The summed E-state index contributed by atoms with van der Waals surface area (Å²) in [6.07, 6.45) is 4.80. The van der Waals surface area contributed by atoms with Crippen LogP contribution in [0.3, 0.4) is 0 Å². The maximum Gasteiger partial charge on any atom is 0.269 e. The van der Waals surface area contributed by atoms with Crippen molar-refractivity contribution in [2.75, 3.05) is 11.9 Å². The molecule has 7 heteroatoms. The molecule has 0 aromatic heterocycles. The lowest BCUT2D eigenvalue weighted by Gasteiger charge is -2.05.